The molecule has 4 heteroatoms. The van der Waals surface area contributed by atoms with Gasteiger partial charge in [0.15, 0.2) is 5.82 Å². The molecule has 0 amide bonds. The number of aromatic nitrogens is 2. The highest BCUT2D eigenvalue weighted by molar-refractivity contribution is 5.69. The van der Waals surface area contributed by atoms with Crippen molar-refractivity contribution < 1.29 is 5.11 Å². The molecule has 14 heavy (non-hydrogen) atoms. The summed E-state index contributed by atoms with van der Waals surface area (Å²) in [5.74, 6) is 0.720. The Kier molecular flexibility index (Phi) is 2.04. The molecule has 2 aromatic rings. The summed E-state index contributed by atoms with van der Waals surface area (Å²) in [6.45, 7) is 4.07. The van der Waals surface area contributed by atoms with Crippen molar-refractivity contribution in [2.45, 2.75) is 19.9 Å². The Hall–Kier alpha value is -1.71. The van der Waals surface area contributed by atoms with Gasteiger partial charge in [-0.15, -0.1) is 0 Å². The molecule has 0 aliphatic carbocycles. The zero-order chi connectivity index (χ0) is 10.1. The number of hydrogen-bond acceptors (Lipinski definition) is 3. The topological polar surface area (TPSA) is 49.6 Å². The quantitative estimate of drug-likeness (QED) is 0.761. The highest BCUT2D eigenvalue weighted by Gasteiger charge is 2.09. The largest absolute Gasteiger partial charge is 0.480 e. The third kappa shape index (κ3) is 1.39. The van der Waals surface area contributed by atoms with Crippen molar-refractivity contribution >= 4 is 11.3 Å². The minimum absolute atomic E-state index is 0.0174. The summed E-state index contributed by atoms with van der Waals surface area (Å²) in [5.41, 5.74) is 0.888. The van der Waals surface area contributed by atoms with Gasteiger partial charge in [-0.3, -0.25) is 4.40 Å². The number of nitrogens with zero attached hydrogens (tertiary/aromatic N) is 2. The summed E-state index contributed by atoms with van der Waals surface area (Å²) in [6, 6.07) is 6.00. The van der Waals surface area contributed by atoms with Crippen LogP contribution >= 0.6 is 0 Å². The van der Waals surface area contributed by atoms with Crippen LogP contribution in [0, 0.1) is 0 Å². The molecule has 2 N–H and O–H groups in total. The average Bonchev–Trinajstić information content (AvgIpc) is 2.44. The Morgan fingerprint density at radius 2 is 2.21 bits per heavy atom. The van der Waals surface area contributed by atoms with E-state index in [1.54, 1.807) is 10.6 Å². The second-order valence-electron chi connectivity index (χ2n) is 3.52. The van der Waals surface area contributed by atoms with Gasteiger partial charge in [0.1, 0.15) is 0 Å². The Labute approximate surface area is 82.2 Å². The smallest absolute Gasteiger partial charge is 0.300 e. The first-order chi connectivity index (χ1) is 6.68. The zero-order valence-corrected chi connectivity index (χ0v) is 8.23. The van der Waals surface area contributed by atoms with E-state index in [-0.39, 0.29) is 6.01 Å². The van der Waals surface area contributed by atoms with E-state index in [1.807, 2.05) is 32.0 Å². The number of aromatic hydroxyl groups is 1. The lowest BCUT2D eigenvalue weighted by molar-refractivity contribution is 0.428. The van der Waals surface area contributed by atoms with E-state index in [2.05, 4.69) is 10.3 Å². The van der Waals surface area contributed by atoms with Crippen molar-refractivity contribution in [3.05, 3.63) is 24.4 Å². The van der Waals surface area contributed by atoms with Crippen molar-refractivity contribution in [3.63, 3.8) is 0 Å². The van der Waals surface area contributed by atoms with Crippen LogP contribution in [-0.2, 0) is 0 Å². The van der Waals surface area contributed by atoms with Crippen LogP contribution in [0.25, 0.3) is 5.52 Å². The molecule has 0 saturated carbocycles. The lowest BCUT2D eigenvalue weighted by Crippen LogP contribution is -2.10. The van der Waals surface area contributed by atoms with Gasteiger partial charge in [-0.1, -0.05) is 6.07 Å². The van der Waals surface area contributed by atoms with Crippen LogP contribution < -0.4 is 5.32 Å². The van der Waals surface area contributed by atoms with Crippen LogP contribution in [0.4, 0.5) is 5.82 Å². The molecule has 0 aromatic carbocycles. The van der Waals surface area contributed by atoms with Gasteiger partial charge in [-0.2, -0.15) is 4.98 Å². The fraction of sp³-hybridized carbons (Fsp3) is 0.300. The van der Waals surface area contributed by atoms with Crippen LogP contribution in [-0.4, -0.2) is 20.5 Å². The van der Waals surface area contributed by atoms with Gasteiger partial charge >= 0.3 is 6.01 Å². The molecule has 0 bridgehead atoms. The first-order valence-electron chi connectivity index (χ1n) is 4.61. The molecule has 0 fully saturated rings. The number of pyridine rings is 1. The molecule has 0 spiro atoms. The number of imidazole rings is 1. The number of anilines is 1. The standard InChI is InChI=1S/C10H13N3O/c1-7(2)11-9-8-5-3-4-6-13(8)10(14)12-9/h3-7,11H,1-2H3,(H,12,14). The summed E-state index contributed by atoms with van der Waals surface area (Å²) in [4.78, 5) is 4.04. The number of hydrogen-bond donors (Lipinski definition) is 2. The maximum absolute atomic E-state index is 9.52. The van der Waals surface area contributed by atoms with Gasteiger partial charge in [-0.05, 0) is 26.0 Å². The molecule has 0 aliphatic rings. The highest BCUT2D eigenvalue weighted by atomic mass is 16.3. The third-order valence-corrected chi connectivity index (χ3v) is 1.96. The summed E-state index contributed by atoms with van der Waals surface area (Å²) >= 11 is 0. The summed E-state index contributed by atoms with van der Waals surface area (Å²) in [5, 5.41) is 12.7. The van der Waals surface area contributed by atoms with Gasteiger partial charge in [0, 0.05) is 12.2 Å². The molecule has 2 heterocycles. The van der Waals surface area contributed by atoms with Crippen molar-refractivity contribution in [2.24, 2.45) is 0 Å². The molecule has 0 aliphatic heterocycles. The second kappa shape index (κ2) is 3.21. The fourth-order valence-electron chi connectivity index (χ4n) is 1.40. The van der Waals surface area contributed by atoms with Gasteiger partial charge < -0.3 is 10.4 Å². The SMILES string of the molecule is CC(C)Nc1nc(O)n2ccccc12. The van der Waals surface area contributed by atoms with Gasteiger partial charge in [-0.25, -0.2) is 0 Å². The lowest BCUT2D eigenvalue weighted by atomic mass is 10.3. The van der Waals surface area contributed by atoms with Crippen LogP contribution in [0.3, 0.4) is 0 Å². The van der Waals surface area contributed by atoms with Crippen molar-refractivity contribution in [3.8, 4) is 6.01 Å². The maximum atomic E-state index is 9.52. The number of fused-ring (bicyclic) bond motifs is 1. The highest BCUT2D eigenvalue weighted by Crippen LogP contribution is 2.21. The van der Waals surface area contributed by atoms with Crippen LogP contribution in [0.1, 0.15) is 13.8 Å². The summed E-state index contributed by atoms with van der Waals surface area (Å²) in [7, 11) is 0. The van der Waals surface area contributed by atoms with E-state index in [1.165, 1.54) is 0 Å². The molecule has 0 unspecified atom stereocenters. The van der Waals surface area contributed by atoms with Crippen LogP contribution in [0.5, 0.6) is 6.01 Å². The number of nitrogens with one attached hydrogen (secondary N) is 1. The van der Waals surface area contributed by atoms with Gasteiger partial charge in [0.25, 0.3) is 0 Å². The Bertz CT molecular complexity index is 448. The molecule has 74 valence electrons. The van der Waals surface area contributed by atoms with Crippen molar-refractivity contribution in [1.82, 2.24) is 9.38 Å². The molecular formula is C10H13N3O. The molecule has 0 saturated heterocycles. The zero-order valence-electron chi connectivity index (χ0n) is 8.23. The molecule has 0 radical (unpaired) electrons. The normalized spacial score (nSPS) is 11.1. The average molecular weight is 191 g/mol. The van der Waals surface area contributed by atoms with E-state index in [0.29, 0.717) is 6.04 Å². The predicted octanol–water partition coefficient (Wildman–Crippen LogP) is 1.86. The molecule has 4 nitrogen and oxygen atoms in total. The van der Waals surface area contributed by atoms with Gasteiger partial charge in [0.05, 0.1) is 5.52 Å². The van der Waals surface area contributed by atoms with Crippen LogP contribution in [0.2, 0.25) is 0 Å². The second-order valence-corrected chi connectivity index (χ2v) is 3.52. The Morgan fingerprint density at radius 1 is 1.43 bits per heavy atom. The first kappa shape index (κ1) is 8.87. The first-order valence-corrected chi connectivity index (χ1v) is 4.61. The van der Waals surface area contributed by atoms with E-state index >= 15 is 0 Å². The maximum Gasteiger partial charge on any atom is 0.300 e. The van der Waals surface area contributed by atoms with Crippen molar-refractivity contribution in [2.75, 3.05) is 5.32 Å². The van der Waals surface area contributed by atoms with Gasteiger partial charge in [0.2, 0.25) is 0 Å². The summed E-state index contributed by atoms with van der Waals surface area (Å²) < 4.78 is 1.64. The van der Waals surface area contributed by atoms with E-state index < -0.39 is 0 Å². The molecular weight excluding hydrogens is 178 g/mol. The fourth-order valence-corrected chi connectivity index (χ4v) is 1.40. The van der Waals surface area contributed by atoms with E-state index in [0.717, 1.165) is 11.3 Å². The monoisotopic (exact) mass is 191 g/mol. The molecule has 2 aromatic heterocycles. The van der Waals surface area contributed by atoms with Crippen molar-refractivity contribution in [1.29, 1.82) is 0 Å². The third-order valence-electron chi connectivity index (χ3n) is 1.96. The Morgan fingerprint density at radius 3 is 2.93 bits per heavy atom. The van der Waals surface area contributed by atoms with E-state index in [4.69, 9.17) is 0 Å². The number of rotatable bonds is 2. The summed E-state index contributed by atoms with van der Waals surface area (Å²) in [6.07, 6.45) is 1.78. The van der Waals surface area contributed by atoms with E-state index in [9.17, 15) is 5.11 Å². The minimum Gasteiger partial charge on any atom is -0.480 e. The molecule has 0 atom stereocenters. The molecule has 2 rings (SSSR count). The van der Waals surface area contributed by atoms with Crippen LogP contribution in [0.15, 0.2) is 24.4 Å². The predicted molar refractivity (Wildman–Crippen MR) is 55.6 cm³/mol. The minimum atomic E-state index is 0.0174. The Balaban J connectivity index is 2.55. The lowest BCUT2D eigenvalue weighted by Gasteiger charge is -2.05.